The summed E-state index contributed by atoms with van der Waals surface area (Å²) in [7, 11) is 0. The van der Waals surface area contributed by atoms with Gasteiger partial charge in [-0.05, 0) is 43.2 Å². The number of rotatable bonds is 3. The zero-order valence-electron chi connectivity index (χ0n) is 14.9. The average Bonchev–Trinajstić information content (AvgIpc) is 3.34. The van der Waals surface area contributed by atoms with Gasteiger partial charge in [0, 0.05) is 28.8 Å². The highest BCUT2D eigenvalue weighted by Crippen LogP contribution is 2.38. The highest BCUT2D eigenvalue weighted by molar-refractivity contribution is 5.98. The lowest BCUT2D eigenvalue weighted by Crippen LogP contribution is -2.10. The molecule has 5 nitrogen and oxygen atoms in total. The number of carbonyl (C=O) groups excluding carboxylic acids is 1. The van der Waals surface area contributed by atoms with Gasteiger partial charge in [-0.3, -0.25) is 9.78 Å². The van der Waals surface area contributed by atoms with Crippen LogP contribution in [0.25, 0.3) is 33.3 Å². The van der Waals surface area contributed by atoms with Crippen LogP contribution in [0.15, 0.2) is 54.7 Å². The molecule has 1 saturated carbocycles. The van der Waals surface area contributed by atoms with Crippen LogP contribution < -0.4 is 5.73 Å². The van der Waals surface area contributed by atoms with Gasteiger partial charge in [0.25, 0.3) is 0 Å². The number of nitrogens with zero attached hydrogens (tertiary/aromatic N) is 3. The van der Waals surface area contributed by atoms with Gasteiger partial charge in [0.05, 0.1) is 16.6 Å². The monoisotopic (exact) mass is 356 g/mol. The zero-order valence-corrected chi connectivity index (χ0v) is 14.9. The van der Waals surface area contributed by atoms with Gasteiger partial charge >= 0.3 is 0 Å². The predicted octanol–water partition coefficient (Wildman–Crippen LogP) is 4.47. The largest absolute Gasteiger partial charge is 0.366 e. The SMILES string of the molecule is NC(=O)c1ccc2c(c1)nc(-c1ccnc3ccccc13)n2C1CCCC1. The molecule has 1 aliphatic carbocycles. The molecule has 0 spiro atoms. The van der Waals surface area contributed by atoms with Gasteiger partial charge < -0.3 is 10.3 Å². The number of para-hydroxylation sites is 1. The summed E-state index contributed by atoms with van der Waals surface area (Å²) in [5.41, 5.74) is 9.87. The molecule has 2 aromatic carbocycles. The van der Waals surface area contributed by atoms with E-state index >= 15 is 0 Å². The van der Waals surface area contributed by atoms with Crippen LogP contribution in [0, 0.1) is 0 Å². The second kappa shape index (κ2) is 6.20. The number of nitrogens with two attached hydrogens (primary N) is 1. The summed E-state index contributed by atoms with van der Waals surface area (Å²) < 4.78 is 2.36. The zero-order chi connectivity index (χ0) is 18.4. The molecule has 27 heavy (non-hydrogen) atoms. The molecule has 2 aromatic heterocycles. The third-order valence-corrected chi connectivity index (χ3v) is 5.55. The first-order valence-corrected chi connectivity index (χ1v) is 9.38. The summed E-state index contributed by atoms with van der Waals surface area (Å²) in [6, 6.07) is 16.2. The Morgan fingerprint density at radius 3 is 2.67 bits per heavy atom. The number of amides is 1. The fourth-order valence-corrected chi connectivity index (χ4v) is 4.26. The quantitative estimate of drug-likeness (QED) is 0.589. The Balaban J connectivity index is 1.82. The van der Waals surface area contributed by atoms with E-state index in [4.69, 9.17) is 10.7 Å². The van der Waals surface area contributed by atoms with Crippen molar-refractivity contribution in [1.82, 2.24) is 14.5 Å². The van der Waals surface area contributed by atoms with E-state index in [1.165, 1.54) is 12.8 Å². The highest BCUT2D eigenvalue weighted by atomic mass is 16.1. The molecule has 2 heterocycles. The summed E-state index contributed by atoms with van der Waals surface area (Å²) in [6.07, 6.45) is 6.61. The van der Waals surface area contributed by atoms with E-state index in [2.05, 4.69) is 15.6 Å². The number of carbonyl (C=O) groups is 1. The van der Waals surface area contributed by atoms with Crippen molar-refractivity contribution in [3.05, 3.63) is 60.3 Å². The molecule has 1 fully saturated rings. The molecule has 1 amide bonds. The van der Waals surface area contributed by atoms with E-state index in [-0.39, 0.29) is 0 Å². The first-order valence-electron chi connectivity index (χ1n) is 9.38. The summed E-state index contributed by atoms with van der Waals surface area (Å²) in [4.78, 5) is 21.1. The van der Waals surface area contributed by atoms with E-state index in [1.54, 1.807) is 12.1 Å². The topological polar surface area (TPSA) is 73.8 Å². The Morgan fingerprint density at radius 1 is 1.04 bits per heavy atom. The smallest absolute Gasteiger partial charge is 0.248 e. The van der Waals surface area contributed by atoms with Crippen molar-refractivity contribution in [2.45, 2.75) is 31.7 Å². The molecule has 0 aliphatic heterocycles. The van der Waals surface area contributed by atoms with Crippen molar-refractivity contribution >= 4 is 27.8 Å². The van der Waals surface area contributed by atoms with E-state index in [0.717, 1.165) is 46.2 Å². The van der Waals surface area contributed by atoms with Gasteiger partial charge in [0.2, 0.25) is 5.91 Å². The lowest BCUT2D eigenvalue weighted by Gasteiger charge is -2.17. The van der Waals surface area contributed by atoms with Crippen molar-refractivity contribution < 1.29 is 4.79 Å². The van der Waals surface area contributed by atoms with E-state index in [1.807, 2.05) is 36.5 Å². The van der Waals surface area contributed by atoms with E-state index in [9.17, 15) is 4.79 Å². The van der Waals surface area contributed by atoms with Crippen molar-refractivity contribution in [2.75, 3.05) is 0 Å². The van der Waals surface area contributed by atoms with Crippen LogP contribution >= 0.6 is 0 Å². The van der Waals surface area contributed by atoms with Gasteiger partial charge in [-0.2, -0.15) is 0 Å². The minimum Gasteiger partial charge on any atom is -0.366 e. The maximum atomic E-state index is 11.6. The molecular formula is C22H20N4O. The molecular weight excluding hydrogens is 336 g/mol. The minimum atomic E-state index is -0.428. The molecule has 134 valence electrons. The number of pyridine rings is 1. The van der Waals surface area contributed by atoms with Crippen LogP contribution in [0.4, 0.5) is 0 Å². The minimum absolute atomic E-state index is 0.427. The molecule has 4 aromatic rings. The molecule has 0 saturated heterocycles. The van der Waals surface area contributed by atoms with Crippen molar-refractivity contribution in [3.8, 4) is 11.4 Å². The maximum Gasteiger partial charge on any atom is 0.248 e. The molecule has 1 aliphatic rings. The third-order valence-electron chi connectivity index (χ3n) is 5.55. The summed E-state index contributed by atoms with van der Waals surface area (Å²) >= 11 is 0. The van der Waals surface area contributed by atoms with Crippen LogP contribution in [-0.2, 0) is 0 Å². The van der Waals surface area contributed by atoms with Crippen LogP contribution in [0.5, 0.6) is 0 Å². The molecule has 0 unspecified atom stereocenters. The van der Waals surface area contributed by atoms with Crippen molar-refractivity contribution in [1.29, 1.82) is 0 Å². The van der Waals surface area contributed by atoms with Crippen molar-refractivity contribution in [2.24, 2.45) is 5.73 Å². The summed E-state index contributed by atoms with van der Waals surface area (Å²) in [5.74, 6) is 0.514. The number of hydrogen-bond acceptors (Lipinski definition) is 3. The molecule has 5 heteroatoms. The van der Waals surface area contributed by atoms with Gasteiger partial charge in [-0.1, -0.05) is 31.0 Å². The first-order chi connectivity index (χ1) is 13.2. The number of aromatic nitrogens is 3. The van der Waals surface area contributed by atoms with Gasteiger partial charge in [-0.25, -0.2) is 4.98 Å². The number of primary amides is 1. The van der Waals surface area contributed by atoms with Crippen molar-refractivity contribution in [3.63, 3.8) is 0 Å². The molecule has 5 rings (SSSR count). The molecule has 0 bridgehead atoms. The first kappa shape index (κ1) is 16.0. The normalized spacial score (nSPS) is 15.0. The van der Waals surface area contributed by atoms with Crippen LogP contribution in [0.2, 0.25) is 0 Å². The molecule has 0 radical (unpaired) electrons. The highest BCUT2D eigenvalue weighted by Gasteiger charge is 2.24. The Labute approximate surface area is 156 Å². The van der Waals surface area contributed by atoms with Crippen LogP contribution in [0.3, 0.4) is 0 Å². The number of imidazole rings is 1. The lowest BCUT2D eigenvalue weighted by atomic mass is 10.1. The molecule has 2 N–H and O–H groups in total. The maximum absolute atomic E-state index is 11.6. The third kappa shape index (κ3) is 2.58. The second-order valence-corrected chi connectivity index (χ2v) is 7.19. The van der Waals surface area contributed by atoms with Gasteiger partial charge in [0.1, 0.15) is 5.82 Å². The predicted molar refractivity (Wildman–Crippen MR) is 106 cm³/mol. The number of fused-ring (bicyclic) bond motifs is 2. The Morgan fingerprint density at radius 2 is 1.85 bits per heavy atom. The summed E-state index contributed by atoms with van der Waals surface area (Å²) in [5, 5.41) is 1.09. The fourth-order valence-electron chi connectivity index (χ4n) is 4.26. The second-order valence-electron chi connectivity index (χ2n) is 7.19. The number of hydrogen-bond donors (Lipinski definition) is 1. The van der Waals surface area contributed by atoms with E-state index < -0.39 is 5.91 Å². The van der Waals surface area contributed by atoms with Crippen LogP contribution in [0.1, 0.15) is 42.1 Å². The van der Waals surface area contributed by atoms with Gasteiger partial charge in [-0.15, -0.1) is 0 Å². The summed E-state index contributed by atoms with van der Waals surface area (Å²) in [6.45, 7) is 0. The lowest BCUT2D eigenvalue weighted by molar-refractivity contribution is 0.100. The standard InChI is InChI=1S/C22H20N4O/c23-21(27)14-9-10-20-19(13-14)25-22(26(20)15-5-1-2-6-15)17-11-12-24-18-8-4-3-7-16(17)18/h3-4,7-13,15H,1-2,5-6H2,(H2,23,27). The van der Waals surface area contributed by atoms with Gasteiger partial charge in [0.15, 0.2) is 0 Å². The van der Waals surface area contributed by atoms with Crippen LogP contribution in [-0.4, -0.2) is 20.4 Å². The number of benzene rings is 2. The Kier molecular flexibility index (Phi) is 3.67. The fraction of sp³-hybridized carbons (Fsp3) is 0.227. The average molecular weight is 356 g/mol. The Hall–Kier alpha value is -3.21. The van der Waals surface area contributed by atoms with E-state index in [0.29, 0.717) is 11.6 Å². The Bertz CT molecular complexity index is 1170. The molecule has 0 atom stereocenters.